The second-order valence-corrected chi connectivity index (χ2v) is 1.78. The average Bonchev–Trinajstić information content (AvgIpc) is 1.68. The number of carbonyl (C=O) groups excluding carboxylic acids is 1. The standard InChI is InChI=1S/C5H9O2/c1-3-5(2,7)4-6/h4H,3H2,1-2H3. The molecular weight excluding hydrogens is 92.1 g/mol. The van der Waals surface area contributed by atoms with Gasteiger partial charge in [0.05, 0.1) is 0 Å². The summed E-state index contributed by atoms with van der Waals surface area (Å²) in [6.07, 6.45) is 0.809. The van der Waals surface area contributed by atoms with Crippen molar-refractivity contribution in [2.24, 2.45) is 0 Å². The minimum Gasteiger partial charge on any atom is -0.300 e. The molecule has 0 aliphatic carbocycles. The van der Waals surface area contributed by atoms with E-state index >= 15 is 0 Å². The van der Waals surface area contributed by atoms with Gasteiger partial charge in [-0.3, -0.25) is 0 Å². The number of carbonyl (C=O) groups is 1. The van der Waals surface area contributed by atoms with Crippen molar-refractivity contribution in [1.82, 2.24) is 0 Å². The van der Waals surface area contributed by atoms with Gasteiger partial charge in [-0.15, -0.1) is 0 Å². The van der Waals surface area contributed by atoms with Crippen LogP contribution in [0, 0.1) is 0 Å². The van der Waals surface area contributed by atoms with Crippen LogP contribution >= 0.6 is 0 Å². The summed E-state index contributed by atoms with van der Waals surface area (Å²) in [7, 11) is 0. The van der Waals surface area contributed by atoms with Crippen LogP contribution in [0.4, 0.5) is 0 Å². The van der Waals surface area contributed by atoms with Crippen molar-refractivity contribution in [2.75, 3.05) is 0 Å². The van der Waals surface area contributed by atoms with E-state index in [1.165, 1.54) is 6.92 Å². The second-order valence-electron chi connectivity index (χ2n) is 1.78. The summed E-state index contributed by atoms with van der Waals surface area (Å²) in [5.74, 6) is 0. The van der Waals surface area contributed by atoms with E-state index in [4.69, 9.17) is 0 Å². The predicted molar refractivity (Wildman–Crippen MR) is 25.4 cm³/mol. The Morgan fingerprint density at radius 1 is 1.71 bits per heavy atom. The fourth-order valence-electron chi connectivity index (χ4n) is 0.0833. The van der Waals surface area contributed by atoms with Crippen LogP contribution in [0.25, 0.3) is 0 Å². The summed E-state index contributed by atoms with van der Waals surface area (Å²) in [6, 6.07) is 0. The van der Waals surface area contributed by atoms with E-state index in [2.05, 4.69) is 0 Å². The summed E-state index contributed by atoms with van der Waals surface area (Å²) >= 11 is 0. The molecule has 0 saturated heterocycles. The van der Waals surface area contributed by atoms with Gasteiger partial charge in [0.1, 0.15) is 0 Å². The molecule has 7 heavy (non-hydrogen) atoms. The van der Waals surface area contributed by atoms with Crippen molar-refractivity contribution >= 4 is 6.29 Å². The summed E-state index contributed by atoms with van der Waals surface area (Å²) in [4.78, 5) is 9.75. The molecule has 0 N–H and O–H groups in total. The largest absolute Gasteiger partial charge is 0.300 e. The van der Waals surface area contributed by atoms with Crippen LogP contribution in [0.5, 0.6) is 0 Å². The Kier molecular flexibility index (Phi) is 1.96. The topological polar surface area (TPSA) is 37.0 Å². The molecule has 0 aliphatic rings. The van der Waals surface area contributed by atoms with Gasteiger partial charge >= 0.3 is 0 Å². The van der Waals surface area contributed by atoms with Crippen LogP contribution in [-0.4, -0.2) is 11.9 Å². The van der Waals surface area contributed by atoms with Crippen molar-refractivity contribution in [3.63, 3.8) is 0 Å². The molecule has 1 unspecified atom stereocenters. The molecule has 1 radical (unpaired) electrons. The lowest BCUT2D eigenvalue weighted by atomic mass is 10.1. The SMILES string of the molecule is CCC(C)([O])C=O. The first-order chi connectivity index (χ1) is 3.12. The molecule has 0 aromatic heterocycles. The highest BCUT2D eigenvalue weighted by atomic mass is 16.3. The molecule has 0 amide bonds. The fourth-order valence-corrected chi connectivity index (χ4v) is 0.0833. The third-order valence-corrected chi connectivity index (χ3v) is 0.951. The zero-order valence-corrected chi connectivity index (χ0v) is 4.60. The maximum atomic E-state index is 10.5. The predicted octanol–water partition coefficient (Wildman–Crippen LogP) is 0.784. The zero-order chi connectivity index (χ0) is 5.91. The van der Waals surface area contributed by atoms with Crippen molar-refractivity contribution < 1.29 is 9.90 Å². The minimum absolute atomic E-state index is 0.372. The van der Waals surface area contributed by atoms with Gasteiger partial charge in [-0.2, -0.15) is 0 Å². The molecule has 2 heteroatoms. The van der Waals surface area contributed by atoms with Crippen molar-refractivity contribution in [1.29, 1.82) is 0 Å². The van der Waals surface area contributed by atoms with Gasteiger partial charge in [-0.25, -0.2) is 5.11 Å². The lowest BCUT2D eigenvalue weighted by molar-refractivity contribution is -0.128. The first-order valence-electron chi connectivity index (χ1n) is 2.29. The van der Waals surface area contributed by atoms with Crippen molar-refractivity contribution in [2.45, 2.75) is 25.9 Å². The summed E-state index contributed by atoms with van der Waals surface area (Å²) in [6.45, 7) is 3.07. The van der Waals surface area contributed by atoms with E-state index in [0.717, 1.165) is 0 Å². The van der Waals surface area contributed by atoms with E-state index in [1.54, 1.807) is 6.92 Å². The Hall–Kier alpha value is -0.370. The molecule has 0 aliphatic heterocycles. The van der Waals surface area contributed by atoms with Crippen LogP contribution < -0.4 is 0 Å². The summed E-state index contributed by atoms with van der Waals surface area (Å²) in [5, 5.41) is 10.5. The Bertz CT molecular complexity index is 66.5. The molecule has 2 nitrogen and oxygen atoms in total. The molecule has 0 spiro atoms. The van der Waals surface area contributed by atoms with Gasteiger partial charge in [0.15, 0.2) is 11.9 Å². The third-order valence-electron chi connectivity index (χ3n) is 0.951. The maximum Gasteiger partial charge on any atom is 0.155 e. The molecule has 0 bridgehead atoms. The number of aldehydes is 1. The lowest BCUT2D eigenvalue weighted by Crippen LogP contribution is -2.21. The second kappa shape index (κ2) is 2.07. The molecule has 0 rings (SSSR count). The Morgan fingerprint density at radius 2 is 2.14 bits per heavy atom. The lowest BCUT2D eigenvalue weighted by Gasteiger charge is -2.05. The van der Waals surface area contributed by atoms with E-state index < -0.39 is 5.60 Å². The first-order valence-corrected chi connectivity index (χ1v) is 2.29. The average molecular weight is 101 g/mol. The molecule has 1 atom stereocenters. The number of rotatable bonds is 2. The quantitative estimate of drug-likeness (QED) is 0.473. The van der Waals surface area contributed by atoms with E-state index in [0.29, 0.717) is 12.7 Å². The summed E-state index contributed by atoms with van der Waals surface area (Å²) < 4.78 is 0. The highest BCUT2D eigenvalue weighted by molar-refractivity contribution is 5.60. The van der Waals surface area contributed by atoms with E-state index in [9.17, 15) is 9.90 Å². The Labute approximate surface area is 43.2 Å². The monoisotopic (exact) mass is 101 g/mol. The van der Waals surface area contributed by atoms with Gasteiger partial charge in [0.2, 0.25) is 0 Å². The van der Waals surface area contributed by atoms with Crippen LogP contribution in [0.1, 0.15) is 20.3 Å². The number of hydrogen-bond donors (Lipinski definition) is 0. The normalized spacial score (nSPS) is 18.1. The molecular formula is C5H9O2. The van der Waals surface area contributed by atoms with Gasteiger partial charge in [-0.05, 0) is 13.3 Å². The van der Waals surface area contributed by atoms with Gasteiger partial charge in [0, 0.05) is 0 Å². The first kappa shape index (κ1) is 6.63. The molecule has 0 heterocycles. The highest BCUT2D eigenvalue weighted by Gasteiger charge is 2.17. The Balaban J connectivity index is 3.58. The van der Waals surface area contributed by atoms with Crippen LogP contribution in [0.2, 0.25) is 0 Å². The molecule has 0 aromatic carbocycles. The maximum absolute atomic E-state index is 10.5. The molecule has 41 valence electrons. The Morgan fingerprint density at radius 3 is 2.14 bits per heavy atom. The van der Waals surface area contributed by atoms with Gasteiger partial charge < -0.3 is 4.79 Å². The van der Waals surface area contributed by atoms with Crippen molar-refractivity contribution in [3.05, 3.63) is 0 Å². The van der Waals surface area contributed by atoms with E-state index in [-0.39, 0.29) is 0 Å². The van der Waals surface area contributed by atoms with Crippen LogP contribution in [-0.2, 0) is 9.90 Å². The fraction of sp³-hybridized carbons (Fsp3) is 0.800. The third kappa shape index (κ3) is 2.34. The molecule has 0 aromatic rings. The highest BCUT2D eigenvalue weighted by Crippen LogP contribution is 2.02. The zero-order valence-electron chi connectivity index (χ0n) is 4.60. The number of hydrogen-bond acceptors (Lipinski definition) is 1. The van der Waals surface area contributed by atoms with Gasteiger partial charge in [-0.1, -0.05) is 6.92 Å². The van der Waals surface area contributed by atoms with E-state index in [1.807, 2.05) is 0 Å². The van der Waals surface area contributed by atoms with Crippen molar-refractivity contribution in [3.8, 4) is 0 Å². The summed E-state index contributed by atoms with van der Waals surface area (Å²) in [5.41, 5.74) is -1.35. The van der Waals surface area contributed by atoms with Crippen LogP contribution in [0.3, 0.4) is 0 Å². The minimum atomic E-state index is -1.35. The molecule has 0 saturated carbocycles. The smallest absolute Gasteiger partial charge is 0.155 e. The molecule has 0 fully saturated rings. The van der Waals surface area contributed by atoms with Gasteiger partial charge in [0.25, 0.3) is 0 Å². The van der Waals surface area contributed by atoms with Crippen LogP contribution in [0.15, 0.2) is 0 Å².